The topological polar surface area (TPSA) is 74.3 Å². The number of rotatable bonds is 6. The van der Waals surface area contributed by atoms with E-state index in [9.17, 15) is 9.59 Å². The molecule has 0 spiro atoms. The van der Waals surface area contributed by atoms with Crippen molar-refractivity contribution >= 4 is 18.0 Å². The predicted octanol–water partition coefficient (Wildman–Crippen LogP) is 2.40. The van der Waals surface area contributed by atoms with Crippen molar-refractivity contribution in [2.24, 2.45) is 0 Å². The fourth-order valence-corrected chi connectivity index (χ4v) is 2.96. The number of ether oxygens (including phenoxy) is 4. The highest BCUT2D eigenvalue weighted by Gasteiger charge is 2.36. The van der Waals surface area contributed by atoms with Crippen LogP contribution in [-0.4, -0.2) is 51.8 Å². The van der Waals surface area contributed by atoms with E-state index in [2.05, 4.69) is 0 Å². The Labute approximate surface area is 152 Å². The second-order valence-corrected chi connectivity index (χ2v) is 5.52. The van der Waals surface area contributed by atoms with Crippen LogP contribution in [0.1, 0.15) is 19.4 Å². The minimum Gasteiger partial charge on any atom is -0.493 e. The zero-order valence-corrected chi connectivity index (χ0v) is 15.8. The van der Waals surface area contributed by atoms with Gasteiger partial charge in [-0.05, 0) is 37.6 Å². The number of carbonyl (C=O) groups excluding carboxylic acids is 2. The summed E-state index contributed by atoms with van der Waals surface area (Å²) in [7, 11) is 5.83. The molecule has 0 bridgehead atoms. The number of likely N-dealkylation sites (N-methyl/N-ethyl adjacent to an activating group) is 1. The highest BCUT2D eigenvalue weighted by molar-refractivity contribution is 6.16. The number of methoxy groups -OCH3 is 4. The van der Waals surface area contributed by atoms with E-state index in [1.54, 1.807) is 25.1 Å². The van der Waals surface area contributed by atoms with E-state index < -0.39 is 5.97 Å². The number of nitrogens with zero attached hydrogens (tertiary/aromatic N) is 1. The van der Waals surface area contributed by atoms with Gasteiger partial charge in [0.1, 0.15) is 0 Å². The molecule has 0 saturated carbocycles. The molecule has 0 aromatic heterocycles. The SMILES string of the molecule is CCN1C(=O)C(=Cc2cc(OC)c(OC)c(OC)c2)C(C(=O)OC)=C1C. The molecule has 1 amide bonds. The first-order valence-corrected chi connectivity index (χ1v) is 8.06. The minimum atomic E-state index is -0.550. The highest BCUT2D eigenvalue weighted by atomic mass is 16.5. The molecule has 140 valence electrons. The van der Waals surface area contributed by atoms with Crippen LogP contribution >= 0.6 is 0 Å². The van der Waals surface area contributed by atoms with Crippen molar-refractivity contribution in [2.75, 3.05) is 35.0 Å². The van der Waals surface area contributed by atoms with Gasteiger partial charge < -0.3 is 23.8 Å². The van der Waals surface area contributed by atoms with Gasteiger partial charge in [-0.2, -0.15) is 0 Å². The molecular weight excluding hydrogens is 338 g/mol. The molecule has 1 aromatic carbocycles. The normalized spacial score (nSPS) is 15.5. The van der Waals surface area contributed by atoms with Crippen molar-refractivity contribution in [3.8, 4) is 17.2 Å². The van der Waals surface area contributed by atoms with E-state index in [1.165, 1.54) is 33.3 Å². The van der Waals surface area contributed by atoms with Crippen LogP contribution in [0.2, 0.25) is 0 Å². The molecule has 0 saturated heterocycles. The second-order valence-electron chi connectivity index (χ2n) is 5.52. The summed E-state index contributed by atoms with van der Waals surface area (Å²) in [5.74, 6) is 0.559. The predicted molar refractivity (Wildman–Crippen MR) is 96.2 cm³/mol. The number of amides is 1. The Morgan fingerprint density at radius 3 is 2.08 bits per heavy atom. The van der Waals surface area contributed by atoms with Gasteiger partial charge in [0.15, 0.2) is 11.5 Å². The van der Waals surface area contributed by atoms with Crippen LogP contribution in [0.4, 0.5) is 0 Å². The second kappa shape index (κ2) is 7.95. The first-order valence-electron chi connectivity index (χ1n) is 8.06. The Hall–Kier alpha value is -2.96. The molecule has 1 aliphatic heterocycles. The monoisotopic (exact) mass is 361 g/mol. The summed E-state index contributed by atoms with van der Waals surface area (Å²) in [5, 5.41) is 0. The van der Waals surface area contributed by atoms with E-state index >= 15 is 0 Å². The Bertz CT molecular complexity index is 768. The standard InChI is InChI=1S/C19H23NO6/c1-7-20-11(2)16(19(22)26-6)13(18(20)21)8-12-9-14(23-3)17(25-5)15(10-12)24-4/h8-10H,7H2,1-6H3. The van der Waals surface area contributed by atoms with Crippen LogP contribution in [0, 0.1) is 0 Å². The van der Waals surface area contributed by atoms with Crippen molar-refractivity contribution in [1.82, 2.24) is 4.90 Å². The van der Waals surface area contributed by atoms with Crippen molar-refractivity contribution in [3.05, 3.63) is 34.5 Å². The Kier molecular flexibility index (Phi) is 5.92. The van der Waals surface area contributed by atoms with E-state index in [0.29, 0.717) is 35.1 Å². The van der Waals surface area contributed by atoms with Gasteiger partial charge in [-0.25, -0.2) is 4.79 Å². The molecule has 1 aromatic rings. The zero-order chi connectivity index (χ0) is 19.4. The van der Waals surface area contributed by atoms with Crippen LogP contribution in [0.5, 0.6) is 17.2 Å². The average Bonchev–Trinajstić information content (AvgIpc) is 2.89. The van der Waals surface area contributed by atoms with Crippen molar-refractivity contribution in [1.29, 1.82) is 0 Å². The van der Waals surface area contributed by atoms with Crippen LogP contribution in [0.15, 0.2) is 29.0 Å². The molecule has 1 heterocycles. The molecule has 0 aliphatic carbocycles. The van der Waals surface area contributed by atoms with Crippen molar-refractivity contribution < 1.29 is 28.5 Å². The summed E-state index contributed by atoms with van der Waals surface area (Å²) < 4.78 is 20.8. The van der Waals surface area contributed by atoms with Gasteiger partial charge in [-0.1, -0.05) is 0 Å². The number of esters is 1. The van der Waals surface area contributed by atoms with Crippen LogP contribution in [0.25, 0.3) is 6.08 Å². The molecule has 7 nitrogen and oxygen atoms in total. The summed E-state index contributed by atoms with van der Waals surface area (Å²) in [6.45, 7) is 4.03. The molecule has 2 rings (SSSR count). The molecular formula is C19H23NO6. The van der Waals surface area contributed by atoms with Crippen molar-refractivity contribution in [3.63, 3.8) is 0 Å². The third-order valence-electron chi connectivity index (χ3n) is 4.22. The lowest BCUT2D eigenvalue weighted by Crippen LogP contribution is -2.24. The first kappa shape index (κ1) is 19.4. The van der Waals surface area contributed by atoms with Gasteiger partial charge in [0.25, 0.3) is 5.91 Å². The fraction of sp³-hybridized carbons (Fsp3) is 0.368. The largest absolute Gasteiger partial charge is 0.493 e. The Morgan fingerprint density at radius 2 is 1.65 bits per heavy atom. The minimum absolute atomic E-state index is 0.251. The summed E-state index contributed by atoms with van der Waals surface area (Å²) >= 11 is 0. The molecule has 0 fully saturated rings. The molecule has 7 heteroatoms. The maximum atomic E-state index is 12.7. The molecule has 26 heavy (non-hydrogen) atoms. The van der Waals surface area contributed by atoms with E-state index in [4.69, 9.17) is 18.9 Å². The maximum absolute atomic E-state index is 12.7. The molecule has 0 unspecified atom stereocenters. The number of hydrogen-bond donors (Lipinski definition) is 0. The van der Waals surface area contributed by atoms with Crippen LogP contribution in [-0.2, 0) is 14.3 Å². The lowest BCUT2D eigenvalue weighted by atomic mass is 10.0. The fourth-order valence-electron chi connectivity index (χ4n) is 2.96. The number of carbonyl (C=O) groups is 2. The third kappa shape index (κ3) is 3.24. The average molecular weight is 361 g/mol. The quantitative estimate of drug-likeness (QED) is 0.572. The summed E-state index contributed by atoms with van der Waals surface area (Å²) in [4.78, 5) is 26.5. The molecule has 0 N–H and O–H groups in total. The van der Waals surface area contributed by atoms with Gasteiger partial charge in [0.05, 0.1) is 39.6 Å². The highest BCUT2D eigenvalue weighted by Crippen LogP contribution is 2.40. The first-order chi connectivity index (χ1) is 12.4. The smallest absolute Gasteiger partial charge is 0.340 e. The number of allylic oxidation sites excluding steroid dienone is 1. The van der Waals surface area contributed by atoms with Crippen LogP contribution in [0.3, 0.4) is 0 Å². The van der Waals surface area contributed by atoms with Crippen LogP contribution < -0.4 is 14.2 Å². The van der Waals surface area contributed by atoms with Gasteiger partial charge in [-0.3, -0.25) is 4.79 Å². The molecule has 1 aliphatic rings. The van der Waals surface area contributed by atoms with Gasteiger partial charge in [0.2, 0.25) is 5.75 Å². The maximum Gasteiger partial charge on any atom is 0.340 e. The van der Waals surface area contributed by atoms with Gasteiger partial charge in [-0.15, -0.1) is 0 Å². The van der Waals surface area contributed by atoms with E-state index in [0.717, 1.165) is 0 Å². The number of benzene rings is 1. The van der Waals surface area contributed by atoms with Gasteiger partial charge >= 0.3 is 5.97 Å². The summed E-state index contributed by atoms with van der Waals surface area (Å²) in [6.07, 6.45) is 1.62. The van der Waals surface area contributed by atoms with E-state index in [1.807, 2.05) is 6.92 Å². The molecule has 0 atom stereocenters. The number of hydrogen-bond acceptors (Lipinski definition) is 6. The Balaban J connectivity index is 2.64. The van der Waals surface area contributed by atoms with Crippen molar-refractivity contribution in [2.45, 2.75) is 13.8 Å². The zero-order valence-electron chi connectivity index (χ0n) is 15.8. The van der Waals surface area contributed by atoms with Gasteiger partial charge in [0, 0.05) is 12.2 Å². The lowest BCUT2D eigenvalue weighted by molar-refractivity contribution is -0.136. The third-order valence-corrected chi connectivity index (χ3v) is 4.22. The molecule has 0 radical (unpaired) electrons. The van der Waals surface area contributed by atoms with E-state index in [-0.39, 0.29) is 17.1 Å². The summed E-state index contributed by atoms with van der Waals surface area (Å²) in [5.41, 5.74) is 1.73. The lowest BCUT2D eigenvalue weighted by Gasteiger charge is -2.14. The Morgan fingerprint density at radius 1 is 1.08 bits per heavy atom. The summed E-state index contributed by atoms with van der Waals surface area (Å²) in [6, 6.07) is 3.42.